The predicted octanol–water partition coefficient (Wildman–Crippen LogP) is 5.63. The minimum atomic E-state index is -4.82. The summed E-state index contributed by atoms with van der Waals surface area (Å²) in [6.07, 6.45) is -5.01. The standard InChI is InChI=1S/C29H36F3N5O6/c1-27(2,3)42-25(38)36-13-18(14-36)17-11-20(29(30,31)32)22-21(12-17)37(26(39)43-28(4,5)6)24-19(15-41-22)23(33-16-34-24)35-7-9-40-10-8-35/h11-12,16,18H,7-10,13-15H2,1-6H3. The van der Waals surface area contributed by atoms with Crippen LogP contribution in [0.3, 0.4) is 0 Å². The Balaban J connectivity index is 1.61. The summed E-state index contributed by atoms with van der Waals surface area (Å²) >= 11 is 0. The van der Waals surface area contributed by atoms with Gasteiger partial charge in [0.05, 0.1) is 30.0 Å². The van der Waals surface area contributed by atoms with E-state index in [1.165, 1.54) is 17.3 Å². The average molecular weight is 608 g/mol. The van der Waals surface area contributed by atoms with Gasteiger partial charge in [0.25, 0.3) is 0 Å². The zero-order valence-electron chi connectivity index (χ0n) is 25.1. The third kappa shape index (κ3) is 6.58. The molecule has 0 atom stereocenters. The number of alkyl halides is 3. The summed E-state index contributed by atoms with van der Waals surface area (Å²) < 4.78 is 66.2. The number of likely N-dealkylation sites (tertiary alicyclic amines) is 1. The van der Waals surface area contributed by atoms with E-state index in [4.69, 9.17) is 18.9 Å². The Labute approximate surface area is 247 Å². The van der Waals surface area contributed by atoms with Gasteiger partial charge in [-0.3, -0.25) is 0 Å². The summed E-state index contributed by atoms with van der Waals surface area (Å²) in [4.78, 5) is 39.4. The van der Waals surface area contributed by atoms with Crippen LogP contribution in [0.1, 0.15) is 64.2 Å². The van der Waals surface area contributed by atoms with E-state index in [1.54, 1.807) is 41.5 Å². The maximum absolute atomic E-state index is 14.6. The molecule has 0 bridgehead atoms. The molecule has 3 aliphatic rings. The maximum atomic E-state index is 14.6. The molecule has 0 spiro atoms. The Morgan fingerprint density at radius 2 is 1.51 bits per heavy atom. The molecule has 5 rings (SSSR count). The fourth-order valence-corrected chi connectivity index (χ4v) is 5.08. The number of rotatable bonds is 2. The number of ether oxygens (including phenoxy) is 4. The number of benzene rings is 1. The molecule has 2 fully saturated rings. The molecule has 0 radical (unpaired) electrons. The van der Waals surface area contributed by atoms with Crippen molar-refractivity contribution in [2.75, 3.05) is 49.2 Å². The van der Waals surface area contributed by atoms with Crippen molar-refractivity contribution in [1.82, 2.24) is 14.9 Å². The molecule has 234 valence electrons. The van der Waals surface area contributed by atoms with Gasteiger partial charge in [0.15, 0.2) is 11.6 Å². The first-order valence-corrected chi connectivity index (χ1v) is 14.1. The van der Waals surface area contributed by atoms with Crippen LogP contribution in [0.25, 0.3) is 0 Å². The van der Waals surface area contributed by atoms with Crippen LogP contribution in [0, 0.1) is 0 Å². The van der Waals surface area contributed by atoms with Gasteiger partial charge in [0, 0.05) is 32.1 Å². The fraction of sp³-hybridized carbons (Fsp3) is 0.586. The third-order valence-electron chi connectivity index (χ3n) is 7.00. The second-order valence-electron chi connectivity index (χ2n) is 12.7. The molecule has 43 heavy (non-hydrogen) atoms. The van der Waals surface area contributed by atoms with Crippen LogP contribution >= 0.6 is 0 Å². The van der Waals surface area contributed by atoms with E-state index in [9.17, 15) is 22.8 Å². The van der Waals surface area contributed by atoms with Crippen molar-refractivity contribution in [3.05, 3.63) is 35.2 Å². The fourth-order valence-electron chi connectivity index (χ4n) is 5.08. The molecule has 2 saturated heterocycles. The van der Waals surface area contributed by atoms with Gasteiger partial charge >= 0.3 is 18.4 Å². The number of morpholine rings is 1. The maximum Gasteiger partial charge on any atom is 0.420 e. The number of nitrogens with zero attached hydrogens (tertiary/aromatic N) is 5. The highest BCUT2D eigenvalue weighted by molar-refractivity contribution is 5.99. The van der Waals surface area contributed by atoms with Gasteiger partial charge in [-0.15, -0.1) is 0 Å². The number of amides is 2. The molecule has 11 nitrogen and oxygen atoms in total. The molecule has 2 amide bonds. The summed E-state index contributed by atoms with van der Waals surface area (Å²) in [7, 11) is 0. The molecule has 4 heterocycles. The number of anilines is 3. The largest absolute Gasteiger partial charge is 0.486 e. The van der Waals surface area contributed by atoms with Crippen molar-refractivity contribution < 1.29 is 41.7 Å². The average Bonchev–Trinajstić information content (AvgIpc) is 3.02. The normalized spacial score (nSPS) is 17.7. The van der Waals surface area contributed by atoms with Crippen LogP contribution in [0.2, 0.25) is 0 Å². The molecule has 0 saturated carbocycles. The number of hydrogen-bond acceptors (Lipinski definition) is 9. The Morgan fingerprint density at radius 3 is 2.12 bits per heavy atom. The van der Waals surface area contributed by atoms with Crippen molar-refractivity contribution in [2.45, 2.75) is 71.4 Å². The van der Waals surface area contributed by atoms with Gasteiger partial charge < -0.3 is 28.7 Å². The topological polar surface area (TPSA) is 107 Å². The van der Waals surface area contributed by atoms with E-state index in [-0.39, 0.29) is 36.8 Å². The highest BCUT2D eigenvalue weighted by Crippen LogP contribution is 2.49. The number of fused-ring (bicyclic) bond motifs is 2. The van der Waals surface area contributed by atoms with Crippen molar-refractivity contribution in [2.24, 2.45) is 0 Å². The van der Waals surface area contributed by atoms with Crippen LogP contribution < -0.4 is 14.5 Å². The monoisotopic (exact) mass is 607 g/mol. The Kier molecular flexibility index (Phi) is 7.86. The first-order chi connectivity index (χ1) is 20.0. The van der Waals surface area contributed by atoms with E-state index in [2.05, 4.69) is 9.97 Å². The molecule has 0 N–H and O–H groups in total. The van der Waals surface area contributed by atoms with E-state index in [0.29, 0.717) is 37.7 Å². The van der Waals surface area contributed by atoms with E-state index in [0.717, 1.165) is 11.0 Å². The third-order valence-corrected chi connectivity index (χ3v) is 7.00. The van der Waals surface area contributed by atoms with Gasteiger partial charge in [-0.25, -0.2) is 24.5 Å². The van der Waals surface area contributed by atoms with Crippen LogP contribution in [0.15, 0.2) is 18.5 Å². The Morgan fingerprint density at radius 1 is 0.907 bits per heavy atom. The van der Waals surface area contributed by atoms with Crippen molar-refractivity contribution in [3.63, 3.8) is 0 Å². The molecule has 0 unspecified atom stereocenters. The number of halogens is 3. The van der Waals surface area contributed by atoms with Gasteiger partial charge in [0.1, 0.15) is 30.0 Å². The Hall–Kier alpha value is -3.81. The van der Waals surface area contributed by atoms with Crippen LogP contribution in [0.4, 0.5) is 40.1 Å². The first-order valence-electron chi connectivity index (χ1n) is 14.1. The predicted molar refractivity (Wildman–Crippen MR) is 150 cm³/mol. The Bertz CT molecular complexity index is 1390. The molecule has 14 heteroatoms. The molecule has 2 aromatic rings. The van der Waals surface area contributed by atoms with Crippen LogP contribution in [-0.2, 0) is 27.0 Å². The lowest BCUT2D eigenvalue weighted by molar-refractivity contribution is -0.139. The van der Waals surface area contributed by atoms with Crippen molar-refractivity contribution in [3.8, 4) is 5.75 Å². The number of hydrogen-bond donors (Lipinski definition) is 0. The van der Waals surface area contributed by atoms with Crippen molar-refractivity contribution >= 4 is 29.5 Å². The van der Waals surface area contributed by atoms with Crippen molar-refractivity contribution in [1.29, 1.82) is 0 Å². The summed E-state index contributed by atoms with van der Waals surface area (Å²) in [5, 5.41) is 0. The van der Waals surface area contributed by atoms with Gasteiger partial charge in [-0.1, -0.05) is 0 Å². The SMILES string of the molecule is CC(C)(C)OC(=O)N1CC(c2cc3c(c(C(F)(F)F)c2)OCc2c(N4CCOCC4)ncnc2N3C(=O)OC(C)(C)C)C1. The lowest BCUT2D eigenvalue weighted by Crippen LogP contribution is -2.50. The molecule has 1 aromatic carbocycles. The first kappa shape index (κ1) is 30.6. The molecule has 0 aliphatic carbocycles. The minimum absolute atomic E-state index is 0.0683. The number of carbonyl (C=O) groups excluding carboxylic acids is 2. The van der Waals surface area contributed by atoms with Crippen LogP contribution in [0.5, 0.6) is 5.75 Å². The molecule has 1 aromatic heterocycles. The van der Waals surface area contributed by atoms with Gasteiger partial charge in [0.2, 0.25) is 0 Å². The lowest BCUT2D eigenvalue weighted by Gasteiger charge is -2.40. The summed E-state index contributed by atoms with van der Waals surface area (Å²) in [6, 6.07) is 2.50. The lowest BCUT2D eigenvalue weighted by atomic mass is 9.89. The van der Waals surface area contributed by atoms with Gasteiger partial charge in [-0.05, 0) is 59.2 Å². The van der Waals surface area contributed by atoms with Crippen LogP contribution in [-0.4, -0.2) is 77.6 Å². The highest BCUT2D eigenvalue weighted by atomic mass is 19.4. The summed E-state index contributed by atoms with van der Waals surface area (Å²) in [6.45, 7) is 12.1. The second kappa shape index (κ2) is 11.0. The molecular formula is C29H36F3N5O6. The van der Waals surface area contributed by atoms with Gasteiger partial charge in [-0.2, -0.15) is 13.2 Å². The molecular weight excluding hydrogens is 571 g/mol. The summed E-state index contributed by atoms with van der Waals surface area (Å²) in [5.41, 5.74) is -2.24. The zero-order chi connectivity index (χ0) is 31.3. The highest BCUT2D eigenvalue weighted by Gasteiger charge is 2.44. The second-order valence-corrected chi connectivity index (χ2v) is 12.7. The number of carbonyl (C=O) groups is 2. The smallest absolute Gasteiger partial charge is 0.420 e. The zero-order valence-corrected chi connectivity index (χ0v) is 25.1. The van der Waals surface area contributed by atoms with E-state index >= 15 is 0 Å². The quantitative estimate of drug-likeness (QED) is 0.429. The van der Waals surface area contributed by atoms with E-state index < -0.39 is 46.8 Å². The van der Waals surface area contributed by atoms with E-state index in [1.807, 2.05) is 4.90 Å². The summed E-state index contributed by atoms with van der Waals surface area (Å²) in [5.74, 6) is -0.443. The number of aromatic nitrogens is 2. The minimum Gasteiger partial charge on any atom is -0.486 e. The molecule has 3 aliphatic heterocycles.